The van der Waals surface area contributed by atoms with Crippen LogP contribution < -0.4 is 9.47 Å². The number of nitrogens with zero attached hydrogens (tertiary/aromatic N) is 1. The quantitative estimate of drug-likeness (QED) is 0.913. The normalized spacial score (nSPS) is 15.9. The third kappa shape index (κ3) is 3.74. The van der Waals surface area contributed by atoms with E-state index in [2.05, 4.69) is 0 Å². The molecule has 106 valence electrons. The van der Waals surface area contributed by atoms with Gasteiger partial charge in [0, 0.05) is 6.54 Å². The number of alkyl halides is 3. The summed E-state index contributed by atoms with van der Waals surface area (Å²) in [7, 11) is 1.31. The standard InChI is InChI=1S/C12H14F3NO3/c1-16(6-12(13,14)15)5-9(17)8-2-3-10-11(4-8)19-7-18-10/h2-4,9,17H,5-7H2,1H3. The second kappa shape index (κ2) is 5.26. The van der Waals surface area contributed by atoms with Crippen molar-refractivity contribution in [1.29, 1.82) is 0 Å². The molecule has 1 atom stereocenters. The molecule has 19 heavy (non-hydrogen) atoms. The molecular formula is C12H14F3NO3. The summed E-state index contributed by atoms with van der Waals surface area (Å²) in [5, 5.41) is 9.91. The molecule has 2 rings (SSSR count). The molecule has 1 aliphatic heterocycles. The zero-order valence-electron chi connectivity index (χ0n) is 10.3. The van der Waals surface area contributed by atoms with Crippen molar-refractivity contribution in [2.24, 2.45) is 0 Å². The highest BCUT2D eigenvalue weighted by atomic mass is 19.4. The lowest BCUT2D eigenvalue weighted by atomic mass is 10.1. The summed E-state index contributed by atoms with van der Waals surface area (Å²) in [4.78, 5) is 1.02. The summed E-state index contributed by atoms with van der Waals surface area (Å²) in [6, 6.07) is 4.82. The molecule has 0 amide bonds. The van der Waals surface area contributed by atoms with Crippen LogP contribution in [0.4, 0.5) is 13.2 Å². The van der Waals surface area contributed by atoms with Gasteiger partial charge in [-0.3, -0.25) is 4.90 Å². The molecule has 0 aliphatic carbocycles. The van der Waals surface area contributed by atoms with Gasteiger partial charge in [0.05, 0.1) is 12.6 Å². The Hall–Kier alpha value is -1.47. The Morgan fingerprint density at radius 3 is 2.68 bits per heavy atom. The fraction of sp³-hybridized carbons (Fsp3) is 0.500. The number of rotatable bonds is 4. The fourth-order valence-corrected chi connectivity index (χ4v) is 1.89. The molecule has 0 spiro atoms. The number of likely N-dealkylation sites (N-methyl/N-ethyl adjacent to an activating group) is 1. The summed E-state index contributed by atoms with van der Waals surface area (Å²) >= 11 is 0. The molecule has 0 bridgehead atoms. The van der Waals surface area contributed by atoms with Crippen LogP contribution in [0.2, 0.25) is 0 Å². The number of aliphatic hydroxyl groups excluding tert-OH is 1. The predicted octanol–water partition coefficient (Wildman–Crippen LogP) is 1.94. The molecule has 1 aromatic rings. The summed E-state index contributed by atoms with van der Waals surface area (Å²) in [5.74, 6) is 1.06. The van der Waals surface area contributed by atoms with Crippen LogP contribution in [0.3, 0.4) is 0 Å². The van der Waals surface area contributed by atoms with E-state index in [1.807, 2.05) is 0 Å². The average Bonchev–Trinajstić information content (AvgIpc) is 2.72. The predicted molar refractivity (Wildman–Crippen MR) is 61.1 cm³/mol. The number of ether oxygens (including phenoxy) is 2. The third-order valence-electron chi connectivity index (χ3n) is 2.72. The molecule has 1 unspecified atom stereocenters. The summed E-state index contributed by atoms with van der Waals surface area (Å²) in [6.07, 6.45) is -5.29. The van der Waals surface area contributed by atoms with Crippen molar-refractivity contribution in [3.63, 3.8) is 0 Å². The maximum Gasteiger partial charge on any atom is 0.401 e. The van der Waals surface area contributed by atoms with E-state index in [1.165, 1.54) is 7.05 Å². The van der Waals surface area contributed by atoms with E-state index >= 15 is 0 Å². The van der Waals surface area contributed by atoms with Gasteiger partial charge in [-0.05, 0) is 24.7 Å². The number of fused-ring (bicyclic) bond motifs is 1. The first-order valence-electron chi connectivity index (χ1n) is 5.68. The number of hydrogen-bond donors (Lipinski definition) is 1. The van der Waals surface area contributed by atoms with Crippen LogP contribution in [-0.4, -0.2) is 43.1 Å². The molecular weight excluding hydrogens is 263 g/mol. The van der Waals surface area contributed by atoms with Gasteiger partial charge in [0.1, 0.15) is 0 Å². The Balaban J connectivity index is 1.98. The minimum Gasteiger partial charge on any atom is -0.454 e. The van der Waals surface area contributed by atoms with E-state index in [-0.39, 0.29) is 13.3 Å². The van der Waals surface area contributed by atoms with Crippen molar-refractivity contribution < 1.29 is 27.8 Å². The molecule has 1 aliphatic rings. The van der Waals surface area contributed by atoms with Gasteiger partial charge >= 0.3 is 6.18 Å². The lowest BCUT2D eigenvalue weighted by Crippen LogP contribution is -2.34. The lowest BCUT2D eigenvalue weighted by Gasteiger charge is -2.22. The highest BCUT2D eigenvalue weighted by Crippen LogP contribution is 2.34. The van der Waals surface area contributed by atoms with Crippen LogP contribution >= 0.6 is 0 Å². The van der Waals surface area contributed by atoms with E-state index in [4.69, 9.17) is 9.47 Å². The van der Waals surface area contributed by atoms with Crippen LogP contribution in [0.15, 0.2) is 18.2 Å². The maximum atomic E-state index is 12.2. The molecule has 1 N–H and O–H groups in total. The molecule has 0 saturated carbocycles. The van der Waals surface area contributed by atoms with E-state index < -0.39 is 18.8 Å². The number of halogens is 3. The Morgan fingerprint density at radius 2 is 2.00 bits per heavy atom. The third-order valence-corrected chi connectivity index (χ3v) is 2.72. The van der Waals surface area contributed by atoms with Crippen molar-refractivity contribution in [3.8, 4) is 11.5 Å². The summed E-state index contributed by atoms with van der Waals surface area (Å²) < 4.78 is 46.8. The summed E-state index contributed by atoms with van der Waals surface area (Å²) in [5.41, 5.74) is 0.498. The molecule has 7 heteroatoms. The van der Waals surface area contributed by atoms with Gasteiger partial charge in [0.2, 0.25) is 6.79 Å². The van der Waals surface area contributed by atoms with Crippen molar-refractivity contribution >= 4 is 0 Å². The first-order chi connectivity index (χ1) is 8.85. The smallest absolute Gasteiger partial charge is 0.401 e. The van der Waals surface area contributed by atoms with Crippen molar-refractivity contribution in [3.05, 3.63) is 23.8 Å². The highest BCUT2D eigenvalue weighted by Gasteiger charge is 2.30. The van der Waals surface area contributed by atoms with E-state index in [1.54, 1.807) is 18.2 Å². The Kier molecular flexibility index (Phi) is 3.86. The van der Waals surface area contributed by atoms with E-state index in [0.717, 1.165) is 4.90 Å². The van der Waals surface area contributed by atoms with Gasteiger partial charge in [-0.2, -0.15) is 13.2 Å². The average molecular weight is 277 g/mol. The topological polar surface area (TPSA) is 41.9 Å². The Morgan fingerprint density at radius 1 is 1.32 bits per heavy atom. The van der Waals surface area contributed by atoms with Crippen molar-refractivity contribution in [2.75, 3.05) is 26.9 Å². The number of hydrogen-bond acceptors (Lipinski definition) is 4. The van der Waals surface area contributed by atoms with E-state index in [9.17, 15) is 18.3 Å². The zero-order chi connectivity index (χ0) is 14.0. The van der Waals surface area contributed by atoms with Gasteiger partial charge < -0.3 is 14.6 Å². The number of aliphatic hydroxyl groups is 1. The van der Waals surface area contributed by atoms with Gasteiger partial charge in [0.15, 0.2) is 11.5 Å². The van der Waals surface area contributed by atoms with Gasteiger partial charge in [-0.15, -0.1) is 0 Å². The second-order valence-electron chi connectivity index (χ2n) is 4.44. The van der Waals surface area contributed by atoms with Gasteiger partial charge in [0.25, 0.3) is 0 Å². The van der Waals surface area contributed by atoms with Crippen LogP contribution in [0.1, 0.15) is 11.7 Å². The summed E-state index contributed by atoms with van der Waals surface area (Å²) in [6.45, 7) is -1.06. The Labute approximate surface area is 108 Å². The van der Waals surface area contributed by atoms with Crippen molar-refractivity contribution in [1.82, 2.24) is 4.90 Å². The first kappa shape index (κ1) is 14.0. The second-order valence-corrected chi connectivity index (χ2v) is 4.44. The van der Waals surface area contributed by atoms with Crippen LogP contribution in [0.25, 0.3) is 0 Å². The van der Waals surface area contributed by atoms with Gasteiger partial charge in [-0.1, -0.05) is 6.07 Å². The lowest BCUT2D eigenvalue weighted by molar-refractivity contribution is -0.145. The monoisotopic (exact) mass is 277 g/mol. The molecule has 1 heterocycles. The molecule has 0 fully saturated rings. The van der Waals surface area contributed by atoms with Crippen LogP contribution in [0, 0.1) is 0 Å². The van der Waals surface area contributed by atoms with Crippen molar-refractivity contribution in [2.45, 2.75) is 12.3 Å². The molecule has 1 aromatic carbocycles. The molecule has 0 aromatic heterocycles. The van der Waals surface area contributed by atoms with Gasteiger partial charge in [-0.25, -0.2) is 0 Å². The SMILES string of the molecule is CN(CC(O)c1ccc2c(c1)OCO2)CC(F)(F)F. The van der Waals surface area contributed by atoms with Crippen LogP contribution in [-0.2, 0) is 0 Å². The molecule has 4 nitrogen and oxygen atoms in total. The fourth-order valence-electron chi connectivity index (χ4n) is 1.89. The van der Waals surface area contributed by atoms with Crippen LogP contribution in [0.5, 0.6) is 11.5 Å². The largest absolute Gasteiger partial charge is 0.454 e. The maximum absolute atomic E-state index is 12.2. The molecule has 0 radical (unpaired) electrons. The first-order valence-corrected chi connectivity index (χ1v) is 5.68. The highest BCUT2D eigenvalue weighted by molar-refractivity contribution is 5.45. The van der Waals surface area contributed by atoms with E-state index in [0.29, 0.717) is 17.1 Å². The number of benzene rings is 1. The molecule has 0 saturated heterocycles. The minimum absolute atomic E-state index is 0.112. The minimum atomic E-state index is -4.27. The Bertz CT molecular complexity index is 450. The zero-order valence-corrected chi connectivity index (χ0v) is 10.3.